The van der Waals surface area contributed by atoms with Crippen LogP contribution in [0.5, 0.6) is 0 Å². The fourth-order valence-electron chi connectivity index (χ4n) is 3.30. The Morgan fingerprint density at radius 3 is 2.42 bits per heavy atom. The predicted octanol–water partition coefficient (Wildman–Crippen LogP) is 3.67. The molecular formula is C17H22Si2. The molecule has 0 saturated heterocycles. The van der Waals surface area contributed by atoms with Gasteiger partial charge in [0.1, 0.15) is 0 Å². The second kappa shape index (κ2) is 4.76. The molecule has 98 valence electrons. The van der Waals surface area contributed by atoms with E-state index in [0.717, 1.165) is 0 Å². The fourth-order valence-corrected chi connectivity index (χ4v) is 6.19. The Balaban J connectivity index is 2.35. The molecule has 0 fully saturated rings. The summed E-state index contributed by atoms with van der Waals surface area (Å²) in [4.78, 5) is 0. The Kier molecular flexibility index (Phi) is 3.23. The molecule has 1 aliphatic rings. The molecule has 1 unspecified atom stereocenters. The molecule has 0 heterocycles. The third kappa shape index (κ3) is 2.03. The predicted molar refractivity (Wildman–Crippen MR) is 93.1 cm³/mol. The number of allylic oxidation sites excluding steroid dienone is 1. The summed E-state index contributed by atoms with van der Waals surface area (Å²) in [6, 6.07) is 11.6. The first-order chi connectivity index (χ1) is 9.09. The van der Waals surface area contributed by atoms with Crippen LogP contribution in [0.4, 0.5) is 0 Å². The van der Waals surface area contributed by atoms with Crippen molar-refractivity contribution >= 4 is 39.6 Å². The lowest BCUT2D eigenvalue weighted by Crippen LogP contribution is -2.27. The first-order valence-corrected chi connectivity index (χ1v) is 13.2. The van der Waals surface area contributed by atoms with Crippen LogP contribution in [-0.2, 0) is 0 Å². The molecule has 0 aromatic heterocycles. The molecule has 0 bridgehead atoms. The number of hydrogen-bond acceptors (Lipinski definition) is 0. The van der Waals surface area contributed by atoms with Crippen molar-refractivity contribution in [3.05, 3.63) is 47.5 Å². The van der Waals surface area contributed by atoms with Gasteiger partial charge in [-0.25, -0.2) is 0 Å². The topological polar surface area (TPSA) is 0 Å². The van der Waals surface area contributed by atoms with Crippen molar-refractivity contribution in [2.24, 2.45) is 0 Å². The standard InChI is InChI=1S/C17H22Si2/c1-18(2)15-10-8-12-6-5-7-13-16(19(3)4)11-9-14(15)17(12)13/h5-11,16,18-19H,1-4H3. The van der Waals surface area contributed by atoms with Gasteiger partial charge >= 0.3 is 0 Å². The van der Waals surface area contributed by atoms with Crippen molar-refractivity contribution in [2.75, 3.05) is 0 Å². The van der Waals surface area contributed by atoms with Crippen molar-refractivity contribution in [1.29, 1.82) is 0 Å². The zero-order chi connectivity index (χ0) is 13.6. The Labute approximate surface area is 119 Å². The number of rotatable bonds is 2. The van der Waals surface area contributed by atoms with Gasteiger partial charge in [0.2, 0.25) is 0 Å². The minimum Gasteiger partial charge on any atom is -0.0795 e. The summed E-state index contributed by atoms with van der Waals surface area (Å²) in [5.74, 6) is 0. The van der Waals surface area contributed by atoms with E-state index in [2.05, 4.69) is 68.7 Å². The minimum absolute atomic E-state index is 0.691. The van der Waals surface area contributed by atoms with E-state index >= 15 is 0 Å². The molecule has 0 spiro atoms. The molecule has 0 amide bonds. The molecule has 0 aliphatic heterocycles. The molecule has 1 atom stereocenters. The third-order valence-electron chi connectivity index (χ3n) is 4.32. The molecule has 0 radical (unpaired) electrons. The third-order valence-corrected chi connectivity index (χ3v) is 8.09. The van der Waals surface area contributed by atoms with E-state index in [9.17, 15) is 0 Å². The quantitative estimate of drug-likeness (QED) is 0.737. The molecule has 2 aromatic carbocycles. The largest absolute Gasteiger partial charge is 0.0795 e. The zero-order valence-electron chi connectivity index (χ0n) is 12.3. The van der Waals surface area contributed by atoms with E-state index in [0.29, 0.717) is 5.54 Å². The van der Waals surface area contributed by atoms with E-state index in [1.165, 1.54) is 10.9 Å². The maximum Gasteiger partial charge on any atom is 0.0655 e. The van der Waals surface area contributed by atoms with Gasteiger partial charge in [-0.3, -0.25) is 0 Å². The first-order valence-electron chi connectivity index (χ1n) is 7.33. The summed E-state index contributed by atoms with van der Waals surface area (Å²) >= 11 is 0. The number of hydrogen-bond donors (Lipinski definition) is 0. The smallest absolute Gasteiger partial charge is 0.0655 e. The van der Waals surface area contributed by atoms with Crippen LogP contribution in [0.1, 0.15) is 16.7 Å². The highest BCUT2D eigenvalue weighted by molar-refractivity contribution is 6.72. The Morgan fingerprint density at radius 1 is 0.947 bits per heavy atom. The lowest BCUT2D eigenvalue weighted by Gasteiger charge is -2.25. The van der Waals surface area contributed by atoms with Crippen LogP contribution in [0.2, 0.25) is 26.2 Å². The van der Waals surface area contributed by atoms with Gasteiger partial charge in [-0.1, -0.05) is 73.9 Å². The molecule has 2 aromatic rings. The van der Waals surface area contributed by atoms with Gasteiger partial charge in [0.25, 0.3) is 0 Å². The summed E-state index contributed by atoms with van der Waals surface area (Å²) in [6.07, 6.45) is 4.91. The molecule has 0 saturated carbocycles. The normalized spacial score (nSPS) is 17.7. The van der Waals surface area contributed by atoms with E-state index in [1.807, 2.05) is 0 Å². The van der Waals surface area contributed by atoms with Gasteiger partial charge < -0.3 is 0 Å². The van der Waals surface area contributed by atoms with Gasteiger partial charge in [-0.05, 0) is 27.4 Å². The van der Waals surface area contributed by atoms with Gasteiger partial charge in [0.05, 0.1) is 8.80 Å². The summed E-state index contributed by atoms with van der Waals surface area (Å²) in [5.41, 5.74) is 3.83. The Hall–Kier alpha value is -1.13. The van der Waals surface area contributed by atoms with Gasteiger partial charge in [-0.2, -0.15) is 0 Å². The lowest BCUT2D eigenvalue weighted by atomic mass is 9.92. The molecule has 19 heavy (non-hydrogen) atoms. The highest BCUT2D eigenvalue weighted by Crippen LogP contribution is 2.35. The molecule has 1 aliphatic carbocycles. The zero-order valence-corrected chi connectivity index (χ0v) is 14.6. The lowest BCUT2D eigenvalue weighted by molar-refractivity contribution is 1.19. The summed E-state index contributed by atoms with van der Waals surface area (Å²) in [7, 11) is -1.46. The van der Waals surface area contributed by atoms with Crippen molar-refractivity contribution in [3.8, 4) is 0 Å². The minimum atomic E-state index is -0.765. The molecule has 3 rings (SSSR count). The summed E-state index contributed by atoms with van der Waals surface area (Å²) in [6.45, 7) is 9.77. The second-order valence-electron chi connectivity index (χ2n) is 6.30. The molecule has 0 N–H and O–H groups in total. The van der Waals surface area contributed by atoms with Gasteiger partial charge in [-0.15, -0.1) is 0 Å². The first kappa shape index (κ1) is 12.9. The highest BCUT2D eigenvalue weighted by atomic mass is 28.3. The van der Waals surface area contributed by atoms with Crippen molar-refractivity contribution < 1.29 is 0 Å². The number of benzene rings is 2. The highest BCUT2D eigenvalue weighted by Gasteiger charge is 2.22. The van der Waals surface area contributed by atoms with Crippen LogP contribution in [0.15, 0.2) is 36.4 Å². The molecule has 2 heteroatoms. The SMILES string of the molecule is C[SiH](C)c1ccc2cccc3c2c1C=CC3[SiH](C)C. The van der Waals surface area contributed by atoms with Crippen LogP contribution in [0.3, 0.4) is 0 Å². The molecular weight excluding hydrogens is 260 g/mol. The molecule has 0 nitrogen and oxygen atoms in total. The maximum atomic E-state index is 2.48. The van der Waals surface area contributed by atoms with E-state index in [4.69, 9.17) is 0 Å². The average molecular weight is 283 g/mol. The van der Waals surface area contributed by atoms with E-state index < -0.39 is 17.6 Å². The van der Waals surface area contributed by atoms with E-state index in [1.54, 1.807) is 16.1 Å². The summed E-state index contributed by atoms with van der Waals surface area (Å²) < 4.78 is 0. The Morgan fingerprint density at radius 2 is 1.74 bits per heavy atom. The van der Waals surface area contributed by atoms with E-state index in [-0.39, 0.29) is 0 Å². The maximum absolute atomic E-state index is 2.48. The monoisotopic (exact) mass is 282 g/mol. The summed E-state index contributed by atoms with van der Waals surface area (Å²) in [5, 5.41) is 4.60. The van der Waals surface area contributed by atoms with Crippen LogP contribution in [0.25, 0.3) is 16.8 Å². The van der Waals surface area contributed by atoms with Crippen LogP contribution in [0, 0.1) is 0 Å². The van der Waals surface area contributed by atoms with Crippen LogP contribution in [-0.4, -0.2) is 17.6 Å². The Bertz CT molecular complexity index is 654. The van der Waals surface area contributed by atoms with Crippen molar-refractivity contribution in [3.63, 3.8) is 0 Å². The van der Waals surface area contributed by atoms with Crippen LogP contribution >= 0.6 is 0 Å². The average Bonchev–Trinajstić information content (AvgIpc) is 2.39. The van der Waals surface area contributed by atoms with Crippen molar-refractivity contribution in [1.82, 2.24) is 0 Å². The van der Waals surface area contributed by atoms with Crippen molar-refractivity contribution in [2.45, 2.75) is 31.7 Å². The second-order valence-corrected chi connectivity index (χ2v) is 12.4. The fraction of sp³-hybridized carbons (Fsp3) is 0.294. The van der Waals surface area contributed by atoms with Crippen LogP contribution < -0.4 is 5.19 Å². The van der Waals surface area contributed by atoms with Gasteiger partial charge in [0, 0.05) is 8.80 Å². The van der Waals surface area contributed by atoms with Gasteiger partial charge in [0.15, 0.2) is 0 Å².